The molecule has 0 unspecified atom stereocenters. The van der Waals surface area contributed by atoms with Gasteiger partial charge in [-0.15, -0.1) is 0 Å². The van der Waals surface area contributed by atoms with Crippen molar-refractivity contribution in [1.29, 1.82) is 0 Å². The number of carboxylic acid groups (broad SMARTS) is 1. The van der Waals surface area contributed by atoms with Gasteiger partial charge in [0.15, 0.2) is 5.13 Å². The van der Waals surface area contributed by atoms with Crippen molar-refractivity contribution in [3.05, 3.63) is 11.1 Å². The number of rotatable bonds is 6. The maximum Gasteiger partial charge on any atom is 0.347 e. The van der Waals surface area contributed by atoms with Gasteiger partial charge < -0.3 is 15.3 Å². The number of thiazole rings is 1. The Bertz CT molecular complexity index is 352. The lowest BCUT2D eigenvalue weighted by molar-refractivity contribution is 0.0702. The van der Waals surface area contributed by atoms with E-state index in [0.29, 0.717) is 11.2 Å². The molecule has 16 heavy (non-hydrogen) atoms. The second kappa shape index (κ2) is 5.81. The van der Waals surface area contributed by atoms with Crippen LogP contribution in [-0.2, 0) is 0 Å². The monoisotopic (exact) mass is 243 g/mol. The summed E-state index contributed by atoms with van der Waals surface area (Å²) in [6, 6.07) is 0.507. The summed E-state index contributed by atoms with van der Waals surface area (Å²) in [5.41, 5.74) is 0. The van der Waals surface area contributed by atoms with Crippen LogP contribution in [0.5, 0.6) is 0 Å². The van der Waals surface area contributed by atoms with Gasteiger partial charge in [-0.3, -0.25) is 0 Å². The Balaban J connectivity index is 2.35. The molecule has 2 N–H and O–H groups in total. The van der Waals surface area contributed by atoms with E-state index in [0.717, 1.165) is 24.4 Å². The number of carboxylic acids is 1. The van der Waals surface area contributed by atoms with Crippen molar-refractivity contribution in [2.45, 2.75) is 19.9 Å². The highest BCUT2D eigenvalue weighted by atomic mass is 32.1. The molecule has 0 aliphatic heterocycles. The molecule has 0 saturated heterocycles. The molecule has 1 rings (SSSR count). The number of nitrogens with zero attached hydrogens (tertiary/aromatic N) is 2. The summed E-state index contributed by atoms with van der Waals surface area (Å²) < 4.78 is 0. The molecule has 0 radical (unpaired) electrons. The Morgan fingerprint density at radius 1 is 1.69 bits per heavy atom. The summed E-state index contributed by atoms with van der Waals surface area (Å²) in [6.45, 7) is 5.93. The van der Waals surface area contributed by atoms with Crippen LogP contribution in [0.1, 0.15) is 23.5 Å². The van der Waals surface area contributed by atoms with Gasteiger partial charge in [0.25, 0.3) is 0 Å². The molecule has 0 atom stereocenters. The summed E-state index contributed by atoms with van der Waals surface area (Å²) in [5.74, 6) is -0.926. The molecular weight excluding hydrogens is 226 g/mol. The van der Waals surface area contributed by atoms with E-state index >= 15 is 0 Å². The smallest absolute Gasteiger partial charge is 0.347 e. The van der Waals surface area contributed by atoms with Crippen LogP contribution in [0.25, 0.3) is 0 Å². The molecule has 1 aromatic rings. The van der Waals surface area contributed by atoms with Crippen LogP contribution in [0.15, 0.2) is 6.20 Å². The highest BCUT2D eigenvalue weighted by Gasteiger charge is 2.08. The molecule has 0 aliphatic rings. The Morgan fingerprint density at radius 3 is 2.88 bits per heavy atom. The number of hydrogen-bond donors (Lipinski definition) is 2. The predicted octanol–water partition coefficient (Wildman–Crippen LogP) is 1.59. The Labute approximate surface area is 99.1 Å². The maximum absolute atomic E-state index is 10.6. The number of likely N-dealkylation sites (N-methyl/N-ethyl adjacent to an activating group) is 1. The molecule has 0 aromatic carbocycles. The molecule has 90 valence electrons. The van der Waals surface area contributed by atoms with E-state index < -0.39 is 5.97 Å². The molecule has 1 heterocycles. The molecule has 1 aromatic heterocycles. The molecule has 0 aliphatic carbocycles. The van der Waals surface area contributed by atoms with E-state index in [1.54, 1.807) is 0 Å². The fourth-order valence-corrected chi connectivity index (χ4v) is 1.73. The topological polar surface area (TPSA) is 65.5 Å². The first-order valence-electron chi connectivity index (χ1n) is 5.14. The van der Waals surface area contributed by atoms with Crippen molar-refractivity contribution in [2.24, 2.45) is 0 Å². The molecule has 0 spiro atoms. The molecule has 0 fully saturated rings. The maximum atomic E-state index is 10.6. The van der Waals surface area contributed by atoms with Gasteiger partial charge in [0.05, 0.1) is 6.20 Å². The number of aromatic carboxylic acids is 1. The third kappa shape index (κ3) is 3.79. The van der Waals surface area contributed by atoms with Crippen molar-refractivity contribution < 1.29 is 9.90 Å². The number of hydrogen-bond acceptors (Lipinski definition) is 5. The van der Waals surface area contributed by atoms with Gasteiger partial charge in [-0.1, -0.05) is 11.3 Å². The summed E-state index contributed by atoms with van der Waals surface area (Å²) in [4.78, 5) is 17.1. The van der Waals surface area contributed by atoms with Crippen molar-refractivity contribution in [1.82, 2.24) is 9.88 Å². The largest absolute Gasteiger partial charge is 0.477 e. The highest BCUT2D eigenvalue weighted by Crippen LogP contribution is 2.17. The third-order valence-electron chi connectivity index (χ3n) is 2.34. The quantitative estimate of drug-likeness (QED) is 0.794. The van der Waals surface area contributed by atoms with Crippen molar-refractivity contribution in [2.75, 3.05) is 25.5 Å². The normalized spacial score (nSPS) is 11.1. The number of aromatic nitrogens is 1. The van der Waals surface area contributed by atoms with Gasteiger partial charge in [-0.25, -0.2) is 9.78 Å². The van der Waals surface area contributed by atoms with Gasteiger partial charge in [-0.05, 0) is 20.9 Å². The van der Waals surface area contributed by atoms with Gasteiger partial charge in [0.2, 0.25) is 0 Å². The zero-order valence-corrected chi connectivity index (χ0v) is 10.5. The summed E-state index contributed by atoms with van der Waals surface area (Å²) in [5, 5.41) is 12.5. The van der Waals surface area contributed by atoms with E-state index in [-0.39, 0.29) is 4.88 Å². The molecule has 0 amide bonds. The number of anilines is 1. The lowest BCUT2D eigenvalue weighted by Gasteiger charge is -2.20. The average molecular weight is 243 g/mol. The SMILES string of the molecule is CC(C)N(C)CCNc1ncc(C(=O)O)s1. The van der Waals surface area contributed by atoms with Crippen molar-refractivity contribution in [3.8, 4) is 0 Å². The van der Waals surface area contributed by atoms with Crippen molar-refractivity contribution in [3.63, 3.8) is 0 Å². The van der Waals surface area contributed by atoms with Crippen LogP contribution in [0.2, 0.25) is 0 Å². The van der Waals surface area contributed by atoms with Gasteiger partial charge >= 0.3 is 5.97 Å². The first-order valence-corrected chi connectivity index (χ1v) is 5.95. The van der Waals surface area contributed by atoms with Gasteiger partial charge in [0.1, 0.15) is 4.88 Å². The first kappa shape index (κ1) is 12.9. The lowest BCUT2D eigenvalue weighted by atomic mass is 10.3. The molecule has 0 saturated carbocycles. The fraction of sp³-hybridized carbons (Fsp3) is 0.600. The van der Waals surface area contributed by atoms with E-state index in [4.69, 9.17) is 5.11 Å². The minimum absolute atomic E-state index is 0.264. The molecular formula is C10H17N3O2S. The van der Waals surface area contributed by atoms with Crippen molar-refractivity contribution >= 4 is 22.4 Å². The van der Waals surface area contributed by atoms with Crippen LogP contribution in [0.4, 0.5) is 5.13 Å². The second-order valence-electron chi connectivity index (χ2n) is 3.84. The molecule has 6 heteroatoms. The highest BCUT2D eigenvalue weighted by molar-refractivity contribution is 7.17. The minimum atomic E-state index is -0.926. The third-order valence-corrected chi connectivity index (χ3v) is 3.28. The second-order valence-corrected chi connectivity index (χ2v) is 4.87. The molecule has 5 nitrogen and oxygen atoms in total. The first-order chi connectivity index (χ1) is 7.50. The van der Waals surface area contributed by atoms with Crippen LogP contribution < -0.4 is 5.32 Å². The zero-order valence-electron chi connectivity index (χ0n) is 9.73. The van der Waals surface area contributed by atoms with E-state index in [1.165, 1.54) is 6.20 Å². The van der Waals surface area contributed by atoms with Crippen LogP contribution in [0, 0.1) is 0 Å². The average Bonchev–Trinajstić information content (AvgIpc) is 2.66. The minimum Gasteiger partial charge on any atom is -0.477 e. The Hall–Kier alpha value is -1.14. The van der Waals surface area contributed by atoms with Crippen LogP contribution in [0.3, 0.4) is 0 Å². The lowest BCUT2D eigenvalue weighted by Crippen LogP contribution is -2.31. The predicted molar refractivity (Wildman–Crippen MR) is 65.3 cm³/mol. The Kier molecular flexibility index (Phi) is 4.70. The fourth-order valence-electron chi connectivity index (χ4n) is 1.05. The Morgan fingerprint density at radius 2 is 2.38 bits per heavy atom. The van der Waals surface area contributed by atoms with E-state index in [9.17, 15) is 4.79 Å². The molecule has 0 bridgehead atoms. The van der Waals surface area contributed by atoms with E-state index in [1.807, 2.05) is 0 Å². The number of carbonyl (C=O) groups is 1. The summed E-state index contributed by atoms with van der Waals surface area (Å²) in [6.07, 6.45) is 1.38. The van der Waals surface area contributed by atoms with E-state index in [2.05, 4.69) is 36.1 Å². The zero-order chi connectivity index (χ0) is 12.1. The van der Waals surface area contributed by atoms with Gasteiger partial charge in [-0.2, -0.15) is 0 Å². The standard InChI is InChI=1S/C10H17N3O2S/c1-7(2)13(3)5-4-11-10-12-6-8(16-10)9(14)15/h6-7H,4-5H2,1-3H3,(H,11,12)(H,14,15). The van der Waals surface area contributed by atoms with Crippen LogP contribution >= 0.6 is 11.3 Å². The summed E-state index contributed by atoms with van der Waals surface area (Å²) in [7, 11) is 2.05. The number of nitrogens with one attached hydrogen (secondary N) is 1. The van der Waals surface area contributed by atoms with Gasteiger partial charge in [0, 0.05) is 19.1 Å². The summed E-state index contributed by atoms with van der Waals surface area (Å²) >= 11 is 1.16. The van der Waals surface area contributed by atoms with Crippen LogP contribution in [-0.4, -0.2) is 47.1 Å².